The van der Waals surface area contributed by atoms with Gasteiger partial charge in [0.15, 0.2) is 0 Å². The van der Waals surface area contributed by atoms with Crippen LogP contribution in [0.5, 0.6) is 0 Å². The summed E-state index contributed by atoms with van der Waals surface area (Å²) in [6.45, 7) is 1.95. The average Bonchev–Trinajstić information content (AvgIpc) is 3.38. The van der Waals surface area contributed by atoms with Crippen LogP contribution in [-0.4, -0.2) is 30.6 Å². The van der Waals surface area contributed by atoms with E-state index in [-0.39, 0.29) is 10.8 Å². The molecule has 1 aromatic carbocycles. The molecule has 3 aromatic heterocycles. The molecule has 0 aliphatic carbocycles. The molecular weight excluding hydrogens is 396 g/mol. The summed E-state index contributed by atoms with van der Waals surface area (Å²) in [5.74, 6) is 0.511. The van der Waals surface area contributed by atoms with Gasteiger partial charge in [-0.15, -0.1) is 11.3 Å². The Morgan fingerprint density at radius 1 is 1.11 bits per heavy atom. The molecule has 0 amide bonds. The number of hydrogen-bond acceptors (Lipinski definition) is 7. The topological polar surface area (TPSA) is 89.2 Å². The molecule has 3 heterocycles. The van der Waals surface area contributed by atoms with Gasteiger partial charge in [0.25, 0.3) is 15.9 Å². The number of thiophene rings is 1. The van der Waals surface area contributed by atoms with Crippen molar-refractivity contribution in [3.63, 3.8) is 0 Å². The van der Waals surface area contributed by atoms with Crippen molar-refractivity contribution in [2.45, 2.75) is 11.8 Å². The second-order valence-corrected chi connectivity index (χ2v) is 8.94. The molecule has 4 aromatic rings. The molecule has 28 heavy (non-hydrogen) atoms. The Morgan fingerprint density at radius 2 is 1.89 bits per heavy atom. The van der Waals surface area contributed by atoms with E-state index in [0.717, 1.165) is 5.56 Å². The summed E-state index contributed by atoms with van der Waals surface area (Å²) in [6, 6.07) is 12.4. The quantitative estimate of drug-likeness (QED) is 0.492. The fraction of sp³-hybridized carbons (Fsp3) is 0.105. The highest BCUT2D eigenvalue weighted by Gasteiger charge is 2.28. The lowest BCUT2D eigenvalue weighted by atomic mass is 10.2. The van der Waals surface area contributed by atoms with Crippen LogP contribution in [0.1, 0.15) is 5.56 Å². The zero-order chi connectivity index (χ0) is 19.7. The number of benzene rings is 1. The number of sulfonamides is 1. The highest BCUT2D eigenvalue weighted by Crippen LogP contribution is 2.35. The molecule has 4 rings (SSSR count). The Labute approximate surface area is 166 Å². The SMILES string of the molecule is Cc1ccc(N(C)S(=O)(=O)c2ccsc2-c2nc(-c3cccnc3)no2)cc1. The fourth-order valence-corrected chi connectivity index (χ4v) is 5.14. The van der Waals surface area contributed by atoms with Gasteiger partial charge in [0.05, 0.1) is 5.69 Å². The first-order valence-corrected chi connectivity index (χ1v) is 10.7. The summed E-state index contributed by atoms with van der Waals surface area (Å²) >= 11 is 1.24. The van der Waals surface area contributed by atoms with E-state index in [1.807, 2.05) is 19.1 Å². The summed E-state index contributed by atoms with van der Waals surface area (Å²) in [4.78, 5) is 8.91. The Bertz CT molecular complexity index is 1200. The summed E-state index contributed by atoms with van der Waals surface area (Å²) in [5.41, 5.74) is 2.32. The third-order valence-corrected chi connectivity index (χ3v) is 7.06. The molecule has 0 unspecified atom stereocenters. The van der Waals surface area contributed by atoms with Gasteiger partial charge in [-0.25, -0.2) is 8.42 Å². The van der Waals surface area contributed by atoms with Crippen molar-refractivity contribution in [2.75, 3.05) is 11.4 Å². The van der Waals surface area contributed by atoms with Crippen LogP contribution in [0.2, 0.25) is 0 Å². The number of hydrogen-bond donors (Lipinski definition) is 0. The van der Waals surface area contributed by atoms with Gasteiger partial charge >= 0.3 is 0 Å². The van der Waals surface area contributed by atoms with Gasteiger partial charge in [-0.05, 0) is 42.6 Å². The number of aromatic nitrogens is 3. The van der Waals surface area contributed by atoms with E-state index in [1.165, 1.54) is 22.7 Å². The van der Waals surface area contributed by atoms with Crippen molar-refractivity contribution < 1.29 is 12.9 Å². The zero-order valence-corrected chi connectivity index (χ0v) is 16.7. The second kappa shape index (κ2) is 7.17. The zero-order valence-electron chi connectivity index (χ0n) is 15.1. The molecular formula is C19H16N4O3S2. The largest absolute Gasteiger partial charge is 0.333 e. The predicted octanol–water partition coefficient (Wildman–Crippen LogP) is 3.99. The van der Waals surface area contributed by atoms with Gasteiger partial charge in [-0.2, -0.15) is 4.98 Å². The normalized spacial score (nSPS) is 11.5. The highest BCUT2D eigenvalue weighted by molar-refractivity contribution is 7.93. The predicted molar refractivity (Wildman–Crippen MR) is 108 cm³/mol. The van der Waals surface area contributed by atoms with Crippen LogP contribution in [0.15, 0.2) is 69.7 Å². The minimum Gasteiger partial charge on any atom is -0.333 e. The third-order valence-electron chi connectivity index (χ3n) is 4.21. The van der Waals surface area contributed by atoms with Gasteiger partial charge in [0, 0.05) is 25.0 Å². The van der Waals surface area contributed by atoms with Gasteiger partial charge in [0.1, 0.15) is 9.77 Å². The smallest absolute Gasteiger partial charge is 0.269 e. The molecule has 0 bridgehead atoms. The van der Waals surface area contributed by atoms with E-state index >= 15 is 0 Å². The van der Waals surface area contributed by atoms with Crippen molar-refractivity contribution >= 4 is 27.0 Å². The molecule has 7 nitrogen and oxygen atoms in total. The van der Waals surface area contributed by atoms with E-state index in [2.05, 4.69) is 15.1 Å². The van der Waals surface area contributed by atoms with Crippen LogP contribution in [0.25, 0.3) is 22.2 Å². The number of aryl methyl sites for hydroxylation is 1. The first-order valence-electron chi connectivity index (χ1n) is 8.34. The van der Waals surface area contributed by atoms with E-state index in [4.69, 9.17) is 4.52 Å². The molecule has 0 aliphatic rings. The fourth-order valence-electron chi connectivity index (χ4n) is 2.63. The molecule has 0 radical (unpaired) electrons. The number of anilines is 1. The first kappa shape index (κ1) is 18.3. The minimum atomic E-state index is -3.79. The van der Waals surface area contributed by atoms with Crippen molar-refractivity contribution in [3.05, 3.63) is 65.8 Å². The maximum absolute atomic E-state index is 13.2. The number of pyridine rings is 1. The van der Waals surface area contributed by atoms with Crippen molar-refractivity contribution in [1.29, 1.82) is 0 Å². The van der Waals surface area contributed by atoms with E-state index in [0.29, 0.717) is 22.0 Å². The van der Waals surface area contributed by atoms with E-state index in [9.17, 15) is 8.42 Å². The monoisotopic (exact) mass is 412 g/mol. The molecule has 0 saturated heterocycles. The Hall–Kier alpha value is -3.04. The van der Waals surface area contributed by atoms with Crippen LogP contribution in [0, 0.1) is 6.92 Å². The summed E-state index contributed by atoms with van der Waals surface area (Å²) in [7, 11) is -2.27. The Kier molecular flexibility index (Phi) is 4.70. The lowest BCUT2D eigenvalue weighted by molar-refractivity contribution is 0.432. The molecule has 9 heteroatoms. The summed E-state index contributed by atoms with van der Waals surface area (Å²) in [6.07, 6.45) is 3.27. The first-order chi connectivity index (χ1) is 13.5. The third kappa shape index (κ3) is 3.30. The second-order valence-electron chi connectivity index (χ2n) is 6.09. The van der Waals surface area contributed by atoms with Gasteiger partial charge in [0.2, 0.25) is 5.82 Å². The standard InChI is InChI=1S/C19H16N4O3S2/c1-13-5-7-15(8-6-13)23(2)28(24,25)16-9-11-27-17(16)19-21-18(22-26-19)14-4-3-10-20-12-14/h3-12H,1-2H3. The number of rotatable bonds is 5. The lowest BCUT2D eigenvalue weighted by Gasteiger charge is -2.19. The van der Waals surface area contributed by atoms with Crippen LogP contribution >= 0.6 is 11.3 Å². The average molecular weight is 412 g/mol. The summed E-state index contributed by atoms with van der Waals surface area (Å²) < 4.78 is 33.0. The van der Waals surface area contributed by atoms with E-state index < -0.39 is 10.0 Å². The molecule has 0 atom stereocenters. The van der Waals surface area contributed by atoms with Gasteiger partial charge < -0.3 is 4.52 Å². The van der Waals surface area contributed by atoms with Crippen molar-refractivity contribution in [2.24, 2.45) is 0 Å². The molecule has 0 saturated carbocycles. The van der Waals surface area contributed by atoms with Crippen LogP contribution < -0.4 is 4.31 Å². The molecule has 0 spiro atoms. The van der Waals surface area contributed by atoms with Crippen molar-refractivity contribution in [3.8, 4) is 22.2 Å². The van der Waals surface area contributed by atoms with Crippen LogP contribution in [-0.2, 0) is 10.0 Å². The Morgan fingerprint density at radius 3 is 2.61 bits per heavy atom. The maximum atomic E-state index is 13.2. The van der Waals surface area contributed by atoms with Gasteiger partial charge in [-0.3, -0.25) is 9.29 Å². The van der Waals surface area contributed by atoms with Crippen LogP contribution in [0.4, 0.5) is 5.69 Å². The molecule has 0 aliphatic heterocycles. The minimum absolute atomic E-state index is 0.127. The van der Waals surface area contributed by atoms with Crippen LogP contribution in [0.3, 0.4) is 0 Å². The van der Waals surface area contributed by atoms with E-state index in [1.54, 1.807) is 48.1 Å². The molecule has 0 N–H and O–H groups in total. The Balaban J connectivity index is 1.71. The molecule has 142 valence electrons. The number of nitrogens with zero attached hydrogens (tertiary/aromatic N) is 4. The van der Waals surface area contributed by atoms with Crippen molar-refractivity contribution in [1.82, 2.24) is 15.1 Å². The van der Waals surface area contributed by atoms with Gasteiger partial charge in [-0.1, -0.05) is 22.9 Å². The lowest BCUT2D eigenvalue weighted by Crippen LogP contribution is -2.26. The highest BCUT2D eigenvalue weighted by atomic mass is 32.2. The molecule has 0 fully saturated rings. The summed E-state index contributed by atoms with van der Waals surface area (Å²) in [5, 5.41) is 5.64. The maximum Gasteiger partial charge on any atom is 0.269 e.